The van der Waals surface area contributed by atoms with E-state index in [1.54, 1.807) is 10.3 Å². The Hall–Kier alpha value is -0.940. The molecule has 2 rings (SSSR count). The van der Waals surface area contributed by atoms with Gasteiger partial charge in [-0.2, -0.15) is 13.2 Å². The fraction of sp³-hybridized carbons (Fsp3) is 0.714. The highest BCUT2D eigenvalue weighted by Gasteiger charge is 2.27. The number of alkyl halides is 3. The number of hydrogen-bond donors (Lipinski definition) is 1. The van der Waals surface area contributed by atoms with Crippen LogP contribution in [0.3, 0.4) is 0 Å². The maximum absolute atomic E-state index is 12.3. The van der Waals surface area contributed by atoms with Crippen molar-refractivity contribution in [2.45, 2.75) is 19.1 Å². The van der Waals surface area contributed by atoms with Gasteiger partial charge in [0.15, 0.2) is 0 Å². The third-order valence-corrected chi connectivity index (χ3v) is 4.50. The van der Waals surface area contributed by atoms with Crippen molar-refractivity contribution in [3.05, 3.63) is 16.1 Å². The summed E-state index contributed by atoms with van der Waals surface area (Å²) in [5.41, 5.74) is 5.92. The summed E-state index contributed by atoms with van der Waals surface area (Å²) in [5.74, 6) is -0.0980. The first-order valence-corrected chi connectivity index (χ1v) is 8.57. The summed E-state index contributed by atoms with van der Waals surface area (Å²) in [7, 11) is 0. The molecule has 0 spiro atoms. The van der Waals surface area contributed by atoms with Gasteiger partial charge in [-0.15, -0.1) is 23.7 Å². The lowest BCUT2D eigenvalue weighted by atomic mass is 10.2. The van der Waals surface area contributed by atoms with Crippen LogP contribution < -0.4 is 5.73 Å². The van der Waals surface area contributed by atoms with Gasteiger partial charge in [0.1, 0.15) is 17.3 Å². The lowest BCUT2D eigenvalue weighted by molar-refractivity contribution is -0.174. The molecule has 1 fully saturated rings. The van der Waals surface area contributed by atoms with Crippen LogP contribution in [0.25, 0.3) is 0 Å². The predicted molar refractivity (Wildman–Crippen MR) is 91.1 cm³/mol. The Labute approximate surface area is 154 Å². The molecule has 25 heavy (non-hydrogen) atoms. The third kappa shape index (κ3) is 7.45. The number of thiazole rings is 1. The summed E-state index contributed by atoms with van der Waals surface area (Å²) in [6.45, 7) is 2.41. The molecule has 0 bridgehead atoms. The summed E-state index contributed by atoms with van der Waals surface area (Å²) in [5, 5.41) is 2.45. The molecule has 144 valence electrons. The minimum absolute atomic E-state index is 0. The second-order valence-electron chi connectivity index (χ2n) is 5.49. The SMILES string of the molecule is Cl.NCc1nc(C(=O)N2CCN(CCCOCC(F)(F)F)CC2)cs1. The van der Waals surface area contributed by atoms with Crippen LogP contribution >= 0.6 is 23.7 Å². The van der Waals surface area contributed by atoms with Gasteiger partial charge in [0, 0.05) is 51.3 Å². The van der Waals surface area contributed by atoms with Crippen molar-refractivity contribution in [3.63, 3.8) is 0 Å². The monoisotopic (exact) mass is 402 g/mol. The summed E-state index contributed by atoms with van der Waals surface area (Å²) in [4.78, 5) is 20.4. The number of carbonyl (C=O) groups excluding carboxylic acids is 1. The van der Waals surface area contributed by atoms with Gasteiger partial charge in [0.05, 0.1) is 0 Å². The molecule has 0 aliphatic carbocycles. The molecule has 0 radical (unpaired) electrons. The van der Waals surface area contributed by atoms with Crippen molar-refractivity contribution in [3.8, 4) is 0 Å². The molecule has 0 aromatic carbocycles. The van der Waals surface area contributed by atoms with Crippen LogP contribution in [0.5, 0.6) is 0 Å². The highest BCUT2D eigenvalue weighted by molar-refractivity contribution is 7.09. The smallest absolute Gasteiger partial charge is 0.372 e. The Morgan fingerprint density at radius 3 is 2.56 bits per heavy atom. The topological polar surface area (TPSA) is 71.7 Å². The van der Waals surface area contributed by atoms with Crippen LogP contribution in [-0.2, 0) is 11.3 Å². The number of nitrogens with zero attached hydrogens (tertiary/aromatic N) is 3. The van der Waals surface area contributed by atoms with Gasteiger partial charge in [0.25, 0.3) is 5.91 Å². The maximum atomic E-state index is 12.3. The third-order valence-electron chi connectivity index (χ3n) is 3.63. The second-order valence-corrected chi connectivity index (χ2v) is 6.43. The molecule has 11 heteroatoms. The largest absolute Gasteiger partial charge is 0.411 e. The number of ether oxygens (including phenoxy) is 1. The standard InChI is InChI=1S/C14H21F3N4O2S.ClH/c15-14(16,17)10-23-7-1-2-20-3-5-21(6-4-20)13(22)11-9-24-12(8-18)19-11;/h9H,1-8,10,18H2;1H. The van der Waals surface area contributed by atoms with Crippen molar-refractivity contribution in [1.29, 1.82) is 0 Å². The van der Waals surface area contributed by atoms with Gasteiger partial charge in [-0.05, 0) is 6.42 Å². The van der Waals surface area contributed by atoms with Crippen molar-refractivity contribution in [2.24, 2.45) is 5.73 Å². The molecular weight excluding hydrogens is 381 g/mol. The van der Waals surface area contributed by atoms with Gasteiger partial charge in [-0.25, -0.2) is 4.98 Å². The molecule has 1 aliphatic rings. The summed E-state index contributed by atoms with van der Waals surface area (Å²) >= 11 is 1.37. The van der Waals surface area contributed by atoms with Crippen LogP contribution in [0.15, 0.2) is 5.38 Å². The molecule has 1 aromatic heterocycles. The fourth-order valence-corrected chi connectivity index (χ4v) is 3.07. The molecule has 1 aromatic rings. The maximum Gasteiger partial charge on any atom is 0.411 e. The minimum Gasteiger partial charge on any atom is -0.372 e. The van der Waals surface area contributed by atoms with Crippen molar-refractivity contribution in [1.82, 2.24) is 14.8 Å². The van der Waals surface area contributed by atoms with Gasteiger partial charge < -0.3 is 15.4 Å². The van der Waals surface area contributed by atoms with Gasteiger partial charge in [-0.3, -0.25) is 9.69 Å². The van der Waals surface area contributed by atoms with E-state index in [-0.39, 0.29) is 24.9 Å². The number of carbonyl (C=O) groups is 1. The van der Waals surface area contributed by atoms with Crippen molar-refractivity contribution in [2.75, 3.05) is 45.9 Å². The molecule has 0 saturated carbocycles. The van der Waals surface area contributed by atoms with Crippen LogP contribution in [0, 0.1) is 0 Å². The lowest BCUT2D eigenvalue weighted by Gasteiger charge is -2.34. The summed E-state index contributed by atoms with van der Waals surface area (Å²) in [6, 6.07) is 0. The van der Waals surface area contributed by atoms with E-state index in [4.69, 9.17) is 5.73 Å². The van der Waals surface area contributed by atoms with Gasteiger partial charge >= 0.3 is 6.18 Å². The zero-order chi connectivity index (χ0) is 17.6. The second kappa shape index (κ2) is 10.3. The van der Waals surface area contributed by atoms with E-state index in [1.807, 2.05) is 0 Å². The zero-order valence-electron chi connectivity index (χ0n) is 13.6. The quantitative estimate of drug-likeness (QED) is 0.703. The molecule has 0 atom stereocenters. The summed E-state index contributed by atoms with van der Waals surface area (Å²) in [6.07, 6.45) is -3.73. The van der Waals surface area contributed by atoms with E-state index in [1.165, 1.54) is 11.3 Å². The fourth-order valence-electron chi connectivity index (χ4n) is 2.42. The summed E-state index contributed by atoms with van der Waals surface area (Å²) < 4.78 is 40.4. The normalized spacial score (nSPS) is 15.9. The van der Waals surface area contributed by atoms with Crippen molar-refractivity contribution < 1.29 is 22.7 Å². The highest BCUT2D eigenvalue weighted by Crippen LogP contribution is 2.15. The number of amides is 1. The number of hydrogen-bond acceptors (Lipinski definition) is 6. The number of halogens is 4. The highest BCUT2D eigenvalue weighted by atomic mass is 35.5. The Morgan fingerprint density at radius 2 is 2.00 bits per heavy atom. The molecular formula is C14H22ClF3N4O2S. The van der Waals surface area contributed by atoms with Gasteiger partial charge in [-0.1, -0.05) is 0 Å². The van der Waals surface area contributed by atoms with E-state index in [0.29, 0.717) is 51.4 Å². The van der Waals surface area contributed by atoms with E-state index >= 15 is 0 Å². The average molecular weight is 403 g/mol. The molecule has 1 aliphatic heterocycles. The molecule has 6 nitrogen and oxygen atoms in total. The molecule has 2 heterocycles. The van der Waals surface area contributed by atoms with E-state index in [2.05, 4.69) is 14.6 Å². The first kappa shape index (κ1) is 22.1. The van der Waals surface area contributed by atoms with Crippen LogP contribution in [0.4, 0.5) is 13.2 Å². The molecule has 2 N–H and O–H groups in total. The van der Waals surface area contributed by atoms with Crippen LogP contribution in [0.1, 0.15) is 21.9 Å². The number of nitrogens with two attached hydrogens (primary N) is 1. The Bertz CT molecular complexity index is 536. The molecule has 1 saturated heterocycles. The van der Waals surface area contributed by atoms with Gasteiger partial charge in [0.2, 0.25) is 0 Å². The Balaban J connectivity index is 0.00000312. The molecule has 0 unspecified atom stereocenters. The Morgan fingerprint density at radius 1 is 1.32 bits per heavy atom. The van der Waals surface area contributed by atoms with Crippen molar-refractivity contribution >= 4 is 29.7 Å². The molecule has 1 amide bonds. The van der Waals surface area contributed by atoms with E-state index in [0.717, 1.165) is 5.01 Å². The van der Waals surface area contributed by atoms with Crippen LogP contribution in [0.2, 0.25) is 0 Å². The predicted octanol–water partition coefficient (Wildman–Crippen LogP) is 1.75. The van der Waals surface area contributed by atoms with E-state index in [9.17, 15) is 18.0 Å². The number of rotatable bonds is 7. The van der Waals surface area contributed by atoms with E-state index < -0.39 is 12.8 Å². The number of piperazine rings is 1. The average Bonchev–Trinajstić information content (AvgIpc) is 3.02. The Kier molecular flexibility index (Phi) is 9.08. The minimum atomic E-state index is -4.27. The first-order valence-electron chi connectivity index (χ1n) is 7.69. The number of aromatic nitrogens is 1. The lowest BCUT2D eigenvalue weighted by Crippen LogP contribution is -2.49. The first-order chi connectivity index (χ1) is 11.4. The van der Waals surface area contributed by atoms with Crippen LogP contribution in [-0.4, -0.2) is 72.8 Å². The zero-order valence-corrected chi connectivity index (χ0v) is 15.3.